The van der Waals surface area contributed by atoms with Crippen LogP contribution in [0.1, 0.15) is 20.7 Å². The molecule has 0 radical (unpaired) electrons. The topological polar surface area (TPSA) is 12.0 Å². The average Bonchev–Trinajstić information content (AvgIpc) is 1.72. The van der Waals surface area contributed by atoms with E-state index in [0.29, 0.717) is 0 Å². The summed E-state index contributed by atoms with van der Waals surface area (Å²) in [5.74, 6) is 0. The fourth-order valence-electron chi connectivity index (χ4n) is 1.46. The molecular weight excluding hydrogens is 74.1 g/mol. The van der Waals surface area contributed by atoms with Gasteiger partial charge in [0.05, 0.1) is 0 Å². The van der Waals surface area contributed by atoms with Crippen LogP contribution in [0.4, 0.5) is 0 Å². The monoisotopic (exact) mass is 85.1 g/mol. The molecule has 1 nitrogen and oxygen atoms in total. The first-order chi connectivity index (χ1) is 2.95. The van der Waals surface area contributed by atoms with Gasteiger partial charge in [-0.1, -0.05) is 0 Å². The quantitative estimate of drug-likeness (QED) is 0.458. The molecule has 6 heavy (non-hydrogen) atoms. The number of nitrogens with one attached hydrogen (secondary N) is 1. The second-order valence-electron chi connectivity index (χ2n) is 2.37. The van der Waals surface area contributed by atoms with Crippen molar-refractivity contribution in [3.63, 3.8) is 0 Å². The van der Waals surface area contributed by atoms with Gasteiger partial charge in [0.2, 0.25) is 0 Å². The second-order valence-corrected chi connectivity index (χ2v) is 2.37. The molecule has 2 atom stereocenters. The zero-order valence-corrected chi connectivity index (χ0v) is 3.78. The summed E-state index contributed by atoms with van der Waals surface area (Å²) in [5.41, 5.74) is 0. The van der Waals surface area contributed by atoms with Gasteiger partial charge in [-0.05, 0) is 19.3 Å². The number of rotatable bonds is 0. The Balaban J connectivity index is 0.000000245. The standard InChI is InChI=1S/C5H9N.H2/c1-2-5-3-4(1)6-5;/h4-6H,1-3H2;1H. The first kappa shape index (κ1) is 3.03. The molecule has 1 heteroatoms. The van der Waals surface area contributed by atoms with Crippen molar-refractivity contribution in [2.75, 3.05) is 0 Å². The Bertz CT molecular complexity index is 55.0. The first-order valence-electron chi connectivity index (χ1n) is 2.71. The van der Waals surface area contributed by atoms with Crippen molar-refractivity contribution >= 4 is 0 Å². The fraction of sp³-hybridized carbons (Fsp3) is 1.00. The van der Waals surface area contributed by atoms with E-state index >= 15 is 0 Å². The van der Waals surface area contributed by atoms with Crippen LogP contribution in [0.3, 0.4) is 0 Å². The lowest BCUT2D eigenvalue weighted by Crippen LogP contribution is -2.43. The minimum Gasteiger partial charge on any atom is -0.311 e. The maximum absolute atomic E-state index is 3.42. The van der Waals surface area contributed by atoms with Crippen LogP contribution in [-0.2, 0) is 0 Å². The molecule has 2 bridgehead atoms. The van der Waals surface area contributed by atoms with Gasteiger partial charge in [-0.25, -0.2) is 0 Å². The Hall–Kier alpha value is -0.0400. The molecule has 1 N–H and O–H groups in total. The molecule has 3 fully saturated rings. The zero-order chi connectivity index (χ0) is 3.98. The van der Waals surface area contributed by atoms with Gasteiger partial charge in [-0.15, -0.1) is 0 Å². The molecule has 1 saturated carbocycles. The Labute approximate surface area is 39.2 Å². The van der Waals surface area contributed by atoms with E-state index in [2.05, 4.69) is 5.32 Å². The molecule has 2 saturated heterocycles. The van der Waals surface area contributed by atoms with Gasteiger partial charge in [-0.3, -0.25) is 0 Å². The predicted octanol–water partition coefficient (Wildman–Crippen LogP) is 0.757. The highest BCUT2D eigenvalue weighted by Crippen LogP contribution is 2.28. The van der Waals surface area contributed by atoms with Gasteiger partial charge in [0.25, 0.3) is 0 Å². The molecule has 0 spiro atoms. The minimum absolute atomic E-state index is 0. The Morgan fingerprint density at radius 2 is 1.83 bits per heavy atom. The maximum Gasteiger partial charge on any atom is 0.00850 e. The second kappa shape index (κ2) is 0.784. The molecule has 2 aliphatic heterocycles. The van der Waals surface area contributed by atoms with Crippen molar-refractivity contribution in [3.8, 4) is 0 Å². The van der Waals surface area contributed by atoms with Gasteiger partial charge in [0.15, 0.2) is 0 Å². The molecule has 0 aromatic rings. The van der Waals surface area contributed by atoms with E-state index in [0.717, 1.165) is 12.1 Å². The van der Waals surface area contributed by atoms with Gasteiger partial charge >= 0.3 is 0 Å². The van der Waals surface area contributed by atoms with Crippen LogP contribution in [0.5, 0.6) is 0 Å². The molecule has 36 valence electrons. The molecule has 3 aliphatic rings. The SMILES string of the molecule is C1CC2CC1N2.[HH]. The van der Waals surface area contributed by atoms with Crippen LogP contribution in [0.2, 0.25) is 0 Å². The third-order valence-corrected chi connectivity index (χ3v) is 1.90. The summed E-state index contributed by atoms with van der Waals surface area (Å²) in [6.07, 6.45) is 4.37. The van der Waals surface area contributed by atoms with Crippen molar-refractivity contribution in [2.24, 2.45) is 0 Å². The van der Waals surface area contributed by atoms with Gasteiger partial charge in [0.1, 0.15) is 0 Å². The molecule has 3 rings (SSSR count). The maximum atomic E-state index is 3.42. The van der Waals surface area contributed by atoms with Crippen LogP contribution in [0.15, 0.2) is 0 Å². The summed E-state index contributed by atoms with van der Waals surface area (Å²) >= 11 is 0. The lowest BCUT2D eigenvalue weighted by Gasteiger charge is -2.24. The van der Waals surface area contributed by atoms with E-state index in [1.54, 1.807) is 0 Å². The number of fused-ring (bicyclic) bond motifs is 1. The number of hydrogen-bond donors (Lipinski definition) is 1. The van der Waals surface area contributed by atoms with E-state index < -0.39 is 0 Å². The van der Waals surface area contributed by atoms with Gasteiger partial charge in [-0.2, -0.15) is 0 Å². The first-order valence-corrected chi connectivity index (χ1v) is 2.71. The molecule has 0 amide bonds. The lowest BCUT2D eigenvalue weighted by atomic mass is 10.1. The van der Waals surface area contributed by atoms with E-state index in [9.17, 15) is 0 Å². The van der Waals surface area contributed by atoms with E-state index in [-0.39, 0.29) is 1.43 Å². The molecule has 0 aromatic heterocycles. The zero-order valence-electron chi connectivity index (χ0n) is 3.78. The van der Waals surface area contributed by atoms with Crippen LogP contribution in [0.25, 0.3) is 0 Å². The van der Waals surface area contributed by atoms with Crippen LogP contribution in [0, 0.1) is 0 Å². The molecule has 0 aromatic carbocycles. The highest BCUT2D eigenvalue weighted by molar-refractivity contribution is 4.96. The highest BCUT2D eigenvalue weighted by atomic mass is 15.1. The highest BCUT2D eigenvalue weighted by Gasteiger charge is 2.34. The average molecular weight is 85.1 g/mol. The van der Waals surface area contributed by atoms with Crippen molar-refractivity contribution in [2.45, 2.75) is 31.3 Å². The van der Waals surface area contributed by atoms with Crippen LogP contribution < -0.4 is 5.32 Å². The summed E-state index contributed by atoms with van der Waals surface area (Å²) in [6, 6.07) is 1.88. The summed E-state index contributed by atoms with van der Waals surface area (Å²) in [6.45, 7) is 0. The molecular formula is C5H11N. The Morgan fingerprint density at radius 1 is 1.33 bits per heavy atom. The van der Waals surface area contributed by atoms with Gasteiger partial charge in [0, 0.05) is 13.5 Å². The molecule has 1 aliphatic carbocycles. The molecule has 2 heterocycles. The predicted molar refractivity (Wildman–Crippen MR) is 26.7 cm³/mol. The van der Waals surface area contributed by atoms with Crippen LogP contribution >= 0.6 is 0 Å². The summed E-state index contributed by atoms with van der Waals surface area (Å²) in [5, 5.41) is 3.42. The largest absolute Gasteiger partial charge is 0.311 e. The fourth-order valence-corrected chi connectivity index (χ4v) is 1.46. The van der Waals surface area contributed by atoms with Gasteiger partial charge < -0.3 is 5.32 Å². The third-order valence-electron chi connectivity index (χ3n) is 1.90. The summed E-state index contributed by atoms with van der Waals surface area (Å²) < 4.78 is 0. The van der Waals surface area contributed by atoms with Crippen LogP contribution in [-0.4, -0.2) is 12.1 Å². The smallest absolute Gasteiger partial charge is 0.00850 e. The lowest BCUT2D eigenvalue weighted by molar-refractivity contribution is 0.369. The van der Waals surface area contributed by atoms with E-state index in [1.807, 2.05) is 0 Å². The van der Waals surface area contributed by atoms with Crippen molar-refractivity contribution < 1.29 is 1.43 Å². The number of hydrogen-bond acceptors (Lipinski definition) is 1. The summed E-state index contributed by atoms with van der Waals surface area (Å²) in [4.78, 5) is 0. The summed E-state index contributed by atoms with van der Waals surface area (Å²) in [7, 11) is 0. The Kier molecular flexibility index (Phi) is 0.396. The van der Waals surface area contributed by atoms with E-state index in [4.69, 9.17) is 0 Å². The van der Waals surface area contributed by atoms with Crippen molar-refractivity contribution in [1.82, 2.24) is 5.32 Å². The van der Waals surface area contributed by atoms with E-state index in [1.165, 1.54) is 19.3 Å². The normalized spacial score (nSPS) is 52.0. The minimum atomic E-state index is 0. The van der Waals surface area contributed by atoms with Crippen molar-refractivity contribution in [3.05, 3.63) is 0 Å². The third kappa shape index (κ3) is 0.207. The van der Waals surface area contributed by atoms with Crippen molar-refractivity contribution in [1.29, 1.82) is 0 Å². The molecule has 2 unspecified atom stereocenters. The Morgan fingerprint density at radius 3 is 2.00 bits per heavy atom.